The summed E-state index contributed by atoms with van der Waals surface area (Å²) < 4.78 is 13.7. The van der Waals surface area contributed by atoms with Crippen molar-refractivity contribution in [2.24, 2.45) is 5.92 Å². The van der Waals surface area contributed by atoms with Crippen LogP contribution in [-0.2, 0) is 13.0 Å². The third-order valence-corrected chi connectivity index (χ3v) is 8.35. The van der Waals surface area contributed by atoms with Gasteiger partial charge in [0.15, 0.2) is 0 Å². The lowest BCUT2D eigenvalue weighted by Crippen LogP contribution is -2.33. The Labute approximate surface area is 262 Å². The second-order valence-corrected chi connectivity index (χ2v) is 12.6. The Morgan fingerprint density at radius 3 is 2.58 bits per heavy atom. The molecule has 0 N–H and O–H groups in total. The summed E-state index contributed by atoms with van der Waals surface area (Å²) in [5.74, 6) is 1.77. The topological polar surface area (TPSA) is 56.1 Å². The fraction of sp³-hybridized carbons (Fsp3) is 0.314. The van der Waals surface area contributed by atoms with Crippen molar-refractivity contribution in [1.82, 2.24) is 14.3 Å². The summed E-state index contributed by atoms with van der Waals surface area (Å²) in [5.41, 5.74) is 6.54. The molecule has 6 nitrogen and oxygen atoms in total. The average molecular weight is 616 g/mol. The fourth-order valence-corrected chi connectivity index (χ4v) is 6.06. The lowest BCUT2D eigenvalue weighted by atomic mass is 10.0. The second kappa shape index (κ2) is 13.7. The normalized spacial score (nSPS) is 11.4. The lowest BCUT2D eigenvalue weighted by molar-refractivity contribution is 0.0733. The van der Waals surface area contributed by atoms with E-state index in [0.717, 1.165) is 40.3 Å². The molecule has 0 aliphatic rings. The number of methoxy groups -OCH3 is 1. The van der Waals surface area contributed by atoms with E-state index in [9.17, 15) is 4.79 Å². The molecule has 5 rings (SSSR count). The quantitative estimate of drug-likeness (QED) is 0.141. The van der Waals surface area contributed by atoms with E-state index in [1.807, 2.05) is 55.3 Å². The molecule has 8 heteroatoms. The third-order valence-electron chi connectivity index (χ3n) is 7.35. The summed E-state index contributed by atoms with van der Waals surface area (Å²) in [6, 6.07) is 19.7. The van der Waals surface area contributed by atoms with E-state index >= 15 is 0 Å². The van der Waals surface area contributed by atoms with Gasteiger partial charge in [0.05, 0.1) is 41.7 Å². The predicted octanol–water partition coefficient (Wildman–Crippen LogP) is 8.79. The molecule has 0 radical (unpaired) electrons. The fourth-order valence-electron chi connectivity index (χ4n) is 5.15. The van der Waals surface area contributed by atoms with Crippen molar-refractivity contribution in [3.8, 4) is 22.6 Å². The molecule has 224 valence electrons. The minimum atomic E-state index is -0.123. The van der Waals surface area contributed by atoms with Gasteiger partial charge in [-0.2, -0.15) is 11.3 Å². The van der Waals surface area contributed by atoms with Crippen molar-refractivity contribution in [1.29, 1.82) is 0 Å². The van der Waals surface area contributed by atoms with Crippen LogP contribution in [0.1, 0.15) is 61.4 Å². The van der Waals surface area contributed by atoms with Crippen molar-refractivity contribution in [3.05, 3.63) is 105 Å². The number of imidazole rings is 1. The minimum absolute atomic E-state index is 0.0122. The second-order valence-electron chi connectivity index (χ2n) is 11.4. The number of pyridine rings is 1. The van der Waals surface area contributed by atoms with Gasteiger partial charge in [-0.15, -0.1) is 0 Å². The molecule has 3 heterocycles. The molecule has 1 amide bonds. The van der Waals surface area contributed by atoms with E-state index in [1.54, 1.807) is 30.6 Å². The first-order valence-corrected chi connectivity index (χ1v) is 15.9. The first-order valence-electron chi connectivity index (χ1n) is 14.6. The number of benzene rings is 2. The van der Waals surface area contributed by atoms with Crippen LogP contribution >= 0.6 is 22.9 Å². The average Bonchev–Trinajstić information content (AvgIpc) is 3.63. The van der Waals surface area contributed by atoms with E-state index in [1.165, 1.54) is 5.56 Å². The van der Waals surface area contributed by atoms with Gasteiger partial charge in [-0.25, -0.2) is 4.98 Å². The number of aromatic nitrogens is 2. The first kappa shape index (κ1) is 30.6. The minimum Gasteiger partial charge on any atom is -0.496 e. The Balaban J connectivity index is 1.52. The maximum atomic E-state index is 14.0. The Kier molecular flexibility index (Phi) is 9.73. The number of nitrogens with zero attached hydrogens (tertiary/aromatic N) is 3. The standard InChI is InChI=1S/C35H38ClN3O3S/c1-23(2)13-16-38(35(40)29-11-10-28(20-30(29)36)42-24(3)4)21-31-32(39-15-7-6-8-34(39)37-31)19-27-18-25(9-12-33(27)41-5)26-14-17-43-22-26/h6-12,14-15,17-18,20,22-24H,13,16,19,21H2,1-5H3. The first-order chi connectivity index (χ1) is 20.7. The molecule has 0 bridgehead atoms. The highest BCUT2D eigenvalue weighted by molar-refractivity contribution is 7.08. The van der Waals surface area contributed by atoms with Crippen molar-refractivity contribution >= 4 is 34.5 Å². The number of carbonyl (C=O) groups excluding carboxylic acids is 1. The Hall–Kier alpha value is -3.81. The van der Waals surface area contributed by atoms with Crippen LogP contribution in [0.2, 0.25) is 5.02 Å². The van der Waals surface area contributed by atoms with Crippen LogP contribution in [0.3, 0.4) is 0 Å². The number of rotatable bonds is 12. The highest BCUT2D eigenvalue weighted by Gasteiger charge is 2.24. The lowest BCUT2D eigenvalue weighted by Gasteiger charge is -2.24. The molecule has 0 unspecified atom stereocenters. The molecule has 5 aromatic rings. The van der Waals surface area contributed by atoms with Crippen LogP contribution in [-0.4, -0.2) is 40.0 Å². The summed E-state index contributed by atoms with van der Waals surface area (Å²) in [6.07, 6.45) is 3.49. The van der Waals surface area contributed by atoms with Crippen molar-refractivity contribution < 1.29 is 14.3 Å². The molecule has 0 atom stereocenters. The third kappa shape index (κ3) is 7.23. The van der Waals surface area contributed by atoms with Crippen LogP contribution in [0.25, 0.3) is 16.8 Å². The van der Waals surface area contributed by atoms with E-state index in [2.05, 4.69) is 47.2 Å². The van der Waals surface area contributed by atoms with Gasteiger partial charge < -0.3 is 18.8 Å². The van der Waals surface area contributed by atoms with E-state index in [0.29, 0.717) is 41.8 Å². The number of hydrogen-bond donors (Lipinski definition) is 0. The molecule has 0 saturated carbocycles. The molecule has 2 aromatic carbocycles. The molecule has 3 aromatic heterocycles. The molecule has 0 aliphatic heterocycles. The van der Waals surface area contributed by atoms with Gasteiger partial charge in [-0.1, -0.05) is 37.6 Å². The molecule has 0 aliphatic carbocycles. The Morgan fingerprint density at radius 2 is 1.88 bits per heavy atom. The summed E-state index contributed by atoms with van der Waals surface area (Å²) in [5, 5.41) is 4.61. The van der Waals surface area contributed by atoms with E-state index < -0.39 is 0 Å². The SMILES string of the molecule is COc1ccc(-c2ccsc2)cc1Cc1c(CN(CCC(C)C)C(=O)c2ccc(OC(C)C)cc2Cl)nc2ccccn12. The van der Waals surface area contributed by atoms with Gasteiger partial charge in [0.25, 0.3) is 5.91 Å². The zero-order valence-corrected chi connectivity index (χ0v) is 26.9. The summed E-state index contributed by atoms with van der Waals surface area (Å²) in [6.45, 7) is 9.19. The maximum Gasteiger partial charge on any atom is 0.255 e. The van der Waals surface area contributed by atoms with Gasteiger partial charge in [-0.05, 0) is 96.6 Å². The van der Waals surface area contributed by atoms with E-state index in [-0.39, 0.29) is 12.0 Å². The van der Waals surface area contributed by atoms with Crippen molar-refractivity contribution in [2.45, 2.75) is 53.2 Å². The number of thiophene rings is 1. The summed E-state index contributed by atoms with van der Waals surface area (Å²) >= 11 is 8.33. The molecular formula is C35H38ClN3O3S. The van der Waals surface area contributed by atoms with Crippen LogP contribution in [0, 0.1) is 5.92 Å². The largest absolute Gasteiger partial charge is 0.496 e. The van der Waals surface area contributed by atoms with Gasteiger partial charge >= 0.3 is 0 Å². The summed E-state index contributed by atoms with van der Waals surface area (Å²) in [4.78, 5) is 20.9. The van der Waals surface area contributed by atoms with Gasteiger partial charge in [-0.3, -0.25) is 4.79 Å². The van der Waals surface area contributed by atoms with Crippen molar-refractivity contribution in [3.63, 3.8) is 0 Å². The zero-order chi connectivity index (χ0) is 30.5. The Morgan fingerprint density at radius 1 is 1.05 bits per heavy atom. The number of ether oxygens (including phenoxy) is 2. The van der Waals surface area contributed by atoms with Gasteiger partial charge in [0.1, 0.15) is 17.1 Å². The van der Waals surface area contributed by atoms with Crippen LogP contribution in [0.5, 0.6) is 11.5 Å². The number of halogens is 1. The van der Waals surface area contributed by atoms with E-state index in [4.69, 9.17) is 26.1 Å². The monoisotopic (exact) mass is 615 g/mol. The molecule has 0 saturated heterocycles. The van der Waals surface area contributed by atoms with Crippen LogP contribution < -0.4 is 9.47 Å². The highest BCUT2D eigenvalue weighted by atomic mass is 35.5. The smallest absolute Gasteiger partial charge is 0.255 e. The van der Waals surface area contributed by atoms with Crippen molar-refractivity contribution in [2.75, 3.05) is 13.7 Å². The summed E-state index contributed by atoms with van der Waals surface area (Å²) in [7, 11) is 1.70. The molecule has 43 heavy (non-hydrogen) atoms. The number of carbonyl (C=O) groups is 1. The maximum absolute atomic E-state index is 14.0. The van der Waals surface area contributed by atoms with Crippen LogP contribution in [0.4, 0.5) is 0 Å². The van der Waals surface area contributed by atoms with Crippen LogP contribution in [0.15, 0.2) is 77.6 Å². The van der Waals surface area contributed by atoms with Gasteiger partial charge in [0, 0.05) is 24.7 Å². The number of fused-ring (bicyclic) bond motifs is 1. The molecule has 0 fully saturated rings. The van der Waals surface area contributed by atoms with Gasteiger partial charge in [0.2, 0.25) is 0 Å². The highest BCUT2D eigenvalue weighted by Crippen LogP contribution is 2.31. The zero-order valence-electron chi connectivity index (χ0n) is 25.3. The Bertz CT molecular complexity index is 1690. The predicted molar refractivity (Wildman–Crippen MR) is 176 cm³/mol. The number of hydrogen-bond acceptors (Lipinski definition) is 5. The molecular weight excluding hydrogens is 578 g/mol. The molecule has 0 spiro atoms. The number of amides is 1.